The van der Waals surface area contributed by atoms with E-state index in [4.69, 9.17) is 4.98 Å². The Bertz CT molecular complexity index is 1020. The van der Waals surface area contributed by atoms with Crippen LogP contribution in [0.1, 0.15) is 49.0 Å². The topological polar surface area (TPSA) is 63.0 Å². The quantitative estimate of drug-likeness (QED) is 0.655. The van der Waals surface area contributed by atoms with Crippen molar-refractivity contribution in [3.05, 3.63) is 61.9 Å². The third-order valence-electron chi connectivity index (χ3n) is 4.39. The summed E-state index contributed by atoms with van der Waals surface area (Å²) in [5, 5.41) is 5.04. The first-order chi connectivity index (χ1) is 11.9. The van der Waals surface area contributed by atoms with Crippen molar-refractivity contribution in [1.29, 1.82) is 0 Å². The molecular weight excluding hydrogens is 380 g/mol. The molecule has 0 aliphatic heterocycles. The van der Waals surface area contributed by atoms with Crippen LogP contribution in [0.4, 0.5) is 0 Å². The number of hydrogen-bond acceptors (Lipinski definition) is 3. The van der Waals surface area contributed by atoms with Gasteiger partial charge in [0.05, 0.1) is 17.1 Å². The molecule has 2 heterocycles. The van der Waals surface area contributed by atoms with Gasteiger partial charge in [-0.1, -0.05) is 29.8 Å². The maximum atomic E-state index is 13.0. The van der Waals surface area contributed by atoms with Gasteiger partial charge in [0, 0.05) is 27.3 Å². The molecule has 1 aromatic carbocycles. The predicted molar refractivity (Wildman–Crippen MR) is 106 cm³/mol. The summed E-state index contributed by atoms with van der Waals surface area (Å²) in [5.41, 5.74) is 3.60. The van der Waals surface area contributed by atoms with Crippen molar-refractivity contribution in [2.75, 3.05) is 0 Å². The summed E-state index contributed by atoms with van der Waals surface area (Å²) >= 11 is 3.42. The summed E-state index contributed by atoms with van der Waals surface area (Å²) in [6, 6.07) is 7.57. The van der Waals surface area contributed by atoms with Crippen molar-refractivity contribution in [3.63, 3.8) is 0 Å². The summed E-state index contributed by atoms with van der Waals surface area (Å²) < 4.78 is 2.29. The van der Waals surface area contributed by atoms with Crippen molar-refractivity contribution >= 4 is 33.0 Å². The minimum atomic E-state index is -0.150. The Morgan fingerprint density at radius 2 is 2.12 bits per heavy atom. The van der Waals surface area contributed by atoms with Crippen LogP contribution in [0, 0.1) is 13.8 Å². The molecule has 3 aromatic rings. The first kappa shape index (κ1) is 17.6. The third-order valence-corrected chi connectivity index (χ3v) is 4.88. The van der Waals surface area contributed by atoms with Gasteiger partial charge in [0.15, 0.2) is 0 Å². The fourth-order valence-corrected chi connectivity index (χ4v) is 3.14. The molecular formula is C19H21BrN4O. The fraction of sp³-hybridized carbons (Fsp3) is 0.316. The summed E-state index contributed by atoms with van der Waals surface area (Å²) in [5.74, 6) is 0.815. The van der Waals surface area contributed by atoms with Gasteiger partial charge in [-0.2, -0.15) is 9.78 Å². The maximum absolute atomic E-state index is 13.0. The Morgan fingerprint density at radius 3 is 2.76 bits per heavy atom. The van der Waals surface area contributed by atoms with Crippen molar-refractivity contribution < 1.29 is 0 Å². The Kier molecular flexibility index (Phi) is 4.90. The standard InChI is InChI=1S/C19H21BrN4O/c1-5-11(2)18-23-17-7-6-15(20)9-16(17)19(25)24(18)21-10-14-8-12(3)22-13(14)4/h6-11,22H,5H2,1-4H3/t11-/m0/s1. The Hall–Kier alpha value is -2.21. The highest BCUT2D eigenvalue weighted by Crippen LogP contribution is 2.21. The molecule has 0 bridgehead atoms. The molecule has 2 aromatic heterocycles. The molecule has 130 valence electrons. The SMILES string of the molecule is CC[C@H](C)c1nc2ccc(Br)cc2c(=O)n1N=Cc1cc(C)[nH]c1C. The van der Waals surface area contributed by atoms with E-state index in [-0.39, 0.29) is 11.5 Å². The summed E-state index contributed by atoms with van der Waals surface area (Å²) in [6.45, 7) is 8.12. The zero-order valence-electron chi connectivity index (χ0n) is 14.8. The molecule has 1 N–H and O–H groups in total. The van der Waals surface area contributed by atoms with Crippen LogP contribution in [0.5, 0.6) is 0 Å². The average Bonchev–Trinajstić information content (AvgIpc) is 2.91. The molecule has 25 heavy (non-hydrogen) atoms. The average molecular weight is 401 g/mol. The van der Waals surface area contributed by atoms with Gasteiger partial charge < -0.3 is 4.98 Å². The lowest BCUT2D eigenvalue weighted by Gasteiger charge is -2.13. The normalized spacial score (nSPS) is 13.0. The second kappa shape index (κ2) is 6.96. The van der Waals surface area contributed by atoms with Crippen LogP contribution in [0.15, 0.2) is 38.6 Å². The second-order valence-corrected chi connectivity index (χ2v) is 7.25. The zero-order chi connectivity index (χ0) is 18.1. The zero-order valence-corrected chi connectivity index (χ0v) is 16.4. The van der Waals surface area contributed by atoms with Gasteiger partial charge in [-0.25, -0.2) is 4.98 Å². The highest BCUT2D eigenvalue weighted by atomic mass is 79.9. The largest absolute Gasteiger partial charge is 0.362 e. The Balaban J connectivity index is 2.22. The molecule has 0 spiro atoms. The number of aromatic nitrogens is 3. The van der Waals surface area contributed by atoms with Crippen LogP contribution in [-0.2, 0) is 0 Å². The highest BCUT2D eigenvalue weighted by Gasteiger charge is 2.15. The van der Waals surface area contributed by atoms with Crippen molar-refractivity contribution in [1.82, 2.24) is 14.6 Å². The molecule has 0 fully saturated rings. The Morgan fingerprint density at radius 1 is 1.36 bits per heavy atom. The van der Waals surface area contributed by atoms with E-state index in [0.29, 0.717) is 16.7 Å². The molecule has 1 atom stereocenters. The van der Waals surface area contributed by atoms with Crippen LogP contribution in [0.25, 0.3) is 10.9 Å². The van der Waals surface area contributed by atoms with Gasteiger partial charge in [-0.15, -0.1) is 0 Å². The number of aryl methyl sites for hydroxylation is 2. The Labute approximate surface area is 154 Å². The highest BCUT2D eigenvalue weighted by molar-refractivity contribution is 9.10. The lowest BCUT2D eigenvalue weighted by atomic mass is 10.1. The minimum absolute atomic E-state index is 0.131. The first-order valence-electron chi connectivity index (χ1n) is 8.33. The minimum Gasteiger partial charge on any atom is -0.362 e. The monoisotopic (exact) mass is 400 g/mol. The maximum Gasteiger partial charge on any atom is 0.282 e. The van der Waals surface area contributed by atoms with Crippen LogP contribution < -0.4 is 5.56 Å². The fourth-order valence-electron chi connectivity index (χ4n) is 2.78. The first-order valence-corrected chi connectivity index (χ1v) is 9.12. The van der Waals surface area contributed by atoms with E-state index in [1.54, 1.807) is 12.3 Å². The number of nitrogens with zero attached hydrogens (tertiary/aromatic N) is 3. The van der Waals surface area contributed by atoms with E-state index in [1.807, 2.05) is 32.0 Å². The van der Waals surface area contributed by atoms with Crippen molar-refractivity contribution in [2.24, 2.45) is 5.10 Å². The van der Waals surface area contributed by atoms with E-state index in [1.165, 1.54) is 4.68 Å². The van der Waals surface area contributed by atoms with Gasteiger partial charge in [0.25, 0.3) is 5.56 Å². The summed E-state index contributed by atoms with van der Waals surface area (Å²) in [7, 11) is 0. The van der Waals surface area contributed by atoms with Crippen LogP contribution in [0.3, 0.4) is 0 Å². The molecule has 0 saturated carbocycles. The van der Waals surface area contributed by atoms with E-state index in [0.717, 1.165) is 27.8 Å². The molecule has 0 radical (unpaired) electrons. The van der Waals surface area contributed by atoms with Gasteiger partial charge in [-0.05, 0) is 44.5 Å². The number of fused-ring (bicyclic) bond motifs is 1. The van der Waals surface area contributed by atoms with Crippen molar-refractivity contribution in [3.8, 4) is 0 Å². The van der Waals surface area contributed by atoms with Gasteiger partial charge in [-0.3, -0.25) is 4.79 Å². The molecule has 6 heteroatoms. The molecule has 0 amide bonds. The lowest BCUT2D eigenvalue weighted by Crippen LogP contribution is -2.23. The lowest BCUT2D eigenvalue weighted by molar-refractivity contribution is 0.613. The summed E-state index contributed by atoms with van der Waals surface area (Å²) in [6.07, 6.45) is 2.60. The molecule has 3 rings (SSSR count). The van der Waals surface area contributed by atoms with E-state index in [9.17, 15) is 4.79 Å². The van der Waals surface area contributed by atoms with Crippen LogP contribution >= 0.6 is 15.9 Å². The molecule has 0 unspecified atom stereocenters. The van der Waals surface area contributed by atoms with Crippen LogP contribution in [-0.4, -0.2) is 20.9 Å². The summed E-state index contributed by atoms with van der Waals surface area (Å²) in [4.78, 5) is 21.0. The molecule has 0 saturated heterocycles. The number of benzene rings is 1. The van der Waals surface area contributed by atoms with Crippen molar-refractivity contribution in [2.45, 2.75) is 40.0 Å². The number of nitrogens with one attached hydrogen (secondary N) is 1. The predicted octanol–water partition coefficient (Wildman–Crippen LogP) is 4.50. The molecule has 0 aliphatic rings. The van der Waals surface area contributed by atoms with E-state index < -0.39 is 0 Å². The van der Waals surface area contributed by atoms with E-state index >= 15 is 0 Å². The smallest absolute Gasteiger partial charge is 0.282 e. The number of rotatable bonds is 4. The molecule has 0 aliphatic carbocycles. The van der Waals surface area contributed by atoms with Gasteiger partial charge >= 0.3 is 0 Å². The second-order valence-electron chi connectivity index (χ2n) is 6.33. The third kappa shape index (κ3) is 3.44. The van der Waals surface area contributed by atoms with Crippen LogP contribution in [0.2, 0.25) is 0 Å². The van der Waals surface area contributed by atoms with Gasteiger partial charge in [0.2, 0.25) is 0 Å². The number of aromatic amines is 1. The van der Waals surface area contributed by atoms with Gasteiger partial charge in [0.1, 0.15) is 5.82 Å². The number of halogens is 1. The van der Waals surface area contributed by atoms with E-state index in [2.05, 4.69) is 39.9 Å². The number of hydrogen-bond donors (Lipinski definition) is 1. The molecule has 5 nitrogen and oxygen atoms in total. The number of H-pyrrole nitrogens is 1.